The molecule has 2 N–H and O–H groups in total. The Labute approximate surface area is 187 Å². The second-order valence-electron chi connectivity index (χ2n) is 8.00. The summed E-state index contributed by atoms with van der Waals surface area (Å²) in [6, 6.07) is 7.25. The molecule has 32 heavy (non-hydrogen) atoms. The highest BCUT2D eigenvalue weighted by atomic mass is 35.5. The van der Waals surface area contributed by atoms with Crippen molar-refractivity contribution in [1.29, 1.82) is 0 Å². The number of aryl methyl sites for hydroxylation is 1. The minimum absolute atomic E-state index is 0.0327. The number of aromatic nitrogens is 1. The molecule has 1 fully saturated rings. The summed E-state index contributed by atoms with van der Waals surface area (Å²) in [6.45, 7) is 0. The van der Waals surface area contributed by atoms with Crippen LogP contribution in [0.15, 0.2) is 30.3 Å². The Hall–Kier alpha value is -3.13. The van der Waals surface area contributed by atoms with Gasteiger partial charge in [-0.15, -0.1) is 0 Å². The lowest BCUT2D eigenvalue weighted by molar-refractivity contribution is -0.136. The lowest BCUT2D eigenvalue weighted by Crippen LogP contribution is -2.51. The van der Waals surface area contributed by atoms with Gasteiger partial charge in [0, 0.05) is 24.1 Å². The molecule has 1 aromatic heterocycles. The lowest BCUT2D eigenvalue weighted by atomic mass is 9.71. The molecule has 1 aliphatic carbocycles. The summed E-state index contributed by atoms with van der Waals surface area (Å²) in [6.07, 6.45) is 1.61. The van der Waals surface area contributed by atoms with Crippen molar-refractivity contribution < 1.29 is 28.2 Å². The first-order chi connectivity index (χ1) is 15.2. The normalized spacial score (nSPS) is 14.8. The Bertz CT molecular complexity index is 1250. The van der Waals surface area contributed by atoms with E-state index >= 15 is 0 Å². The van der Waals surface area contributed by atoms with Crippen LogP contribution >= 0.6 is 11.6 Å². The van der Waals surface area contributed by atoms with Gasteiger partial charge in [-0.2, -0.15) is 0 Å². The van der Waals surface area contributed by atoms with Crippen LogP contribution in [-0.2, 0) is 23.8 Å². The van der Waals surface area contributed by atoms with Gasteiger partial charge in [0.2, 0.25) is 0 Å². The first-order valence-corrected chi connectivity index (χ1v) is 10.4. The third-order valence-corrected chi connectivity index (χ3v) is 6.48. The second kappa shape index (κ2) is 8.09. The van der Waals surface area contributed by atoms with E-state index in [0.717, 1.165) is 6.42 Å². The number of aliphatic carboxylic acids is 1. The average molecular weight is 463 g/mol. The van der Waals surface area contributed by atoms with Crippen LogP contribution < -0.4 is 10.1 Å². The van der Waals surface area contributed by atoms with Crippen LogP contribution in [-0.4, -0.2) is 28.7 Å². The molecule has 9 heteroatoms. The molecule has 6 nitrogen and oxygen atoms in total. The minimum Gasteiger partial charge on any atom is -0.494 e. The molecule has 1 saturated carbocycles. The van der Waals surface area contributed by atoms with E-state index in [-0.39, 0.29) is 22.9 Å². The SMILES string of the molecule is COc1cc2c(cc(C(=O)NC3(c4ccc(CC(=O)O)cc4F)CCC3)n2C)c(Cl)c1F. The number of rotatable bonds is 6. The maximum absolute atomic E-state index is 14.9. The quantitative estimate of drug-likeness (QED) is 0.563. The largest absolute Gasteiger partial charge is 0.494 e. The zero-order valence-corrected chi connectivity index (χ0v) is 18.2. The predicted octanol–water partition coefficient (Wildman–Crippen LogP) is 4.55. The van der Waals surface area contributed by atoms with Gasteiger partial charge in [-0.05, 0) is 37.0 Å². The van der Waals surface area contributed by atoms with Crippen LogP contribution in [0.3, 0.4) is 0 Å². The fourth-order valence-corrected chi connectivity index (χ4v) is 4.50. The van der Waals surface area contributed by atoms with Crippen molar-refractivity contribution in [3.63, 3.8) is 0 Å². The molecular weight excluding hydrogens is 442 g/mol. The van der Waals surface area contributed by atoms with Crippen LogP contribution in [0.1, 0.15) is 40.9 Å². The van der Waals surface area contributed by atoms with Gasteiger partial charge in [-0.1, -0.05) is 23.7 Å². The number of nitrogens with one attached hydrogen (secondary N) is 1. The van der Waals surface area contributed by atoms with Crippen molar-refractivity contribution in [2.75, 3.05) is 7.11 Å². The van der Waals surface area contributed by atoms with E-state index < -0.39 is 29.0 Å². The van der Waals surface area contributed by atoms with E-state index in [1.165, 1.54) is 31.4 Å². The number of amides is 1. The van der Waals surface area contributed by atoms with E-state index in [9.17, 15) is 18.4 Å². The molecule has 0 saturated heterocycles. The van der Waals surface area contributed by atoms with Crippen molar-refractivity contribution in [2.24, 2.45) is 7.05 Å². The molecule has 1 heterocycles. The molecular formula is C23H21ClF2N2O4. The second-order valence-corrected chi connectivity index (χ2v) is 8.38. The maximum atomic E-state index is 14.9. The van der Waals surface area contributed by atoms with Gasteiger partial charge in [0.15, 0.2) is 11.6 Å². The monoisotopic (exact) mass is 462 g/mol. The van der Waals surface area contributed by atoms with Crippen molar-refractivity contribution in [3.8, 4) is 5.75 Å². The number of hydrogen-bond acceptors (Lipinski definition) is 3. The third-order valence-electron chi connectivity index (χ3n) is 6.11. The molecule has 4 rings (SSSR count). The van der Waals surface area contributed by atoms with Gasteiger partial charge in [0.1, 0.15) is 11.5 Å². The molecule has 1 amide bonds. The van der Waals surface area contributed by atoms with Gasteiger partial charge in [-0.25, -0.2) is 8.78 Å². The number of methoxy groups -OCH3 is 1. The molecule has 0 spiro atoms. The number of carbonyl (C=O) groups excluding carboxylic acids is 1. The highest BCUT2D eigenvalue weighted by Gasteiger charge is 2.42. The topological polar surface area (TPSA) is 80.6 Å². The lowest BCUT2D eigenvalue weighted by Gasteiger charge is -2.43. The summed E-state index contributed by atoms with van der Waals surface area (Å²) >= 11 is 6.15. The predicted molar refractivity (Wildman–Crippen MR) is 115 cm³/mol. The van der Waals surface area contributed by atoms with Crippen LogP contribution in [0, 0.1) is 11.6 Å². The zero-order valence-electron chi connectivity index (χ0n) is 17.5. The minimum atomic E-state index is -1.05. The molecule has 2 aromatic carbocycles. The Morgan fingerprint density at radius 3 is 2.53 bits per heavy atom. The van der Waals surface area contributed by atoms with Crippen LogP contribution in [0.2, 0.25) is 5.02 Å². The Morgan fingerprint density at radius 2 is 1.97 bits per heavy atom. The van der Waals surface area contributed by atoms with E-state index in [0.29, 0.717) is 34.9 Å². The number of fused-ring (bicyclic) bond motifs is 1. The van der Waals surface area contributed by atoms with Crippen molar-refractivity contribution in [3.05, 3.63) is 63.8 Å². The van der Waals surface area contributed by atoms with Crippen LogP contribution in [0.4, 0.5) is 8.78 Å². The smallest absolute Gasteiger partial charge is 0.307 e. The van der Waals surface area contributed by atoms with E-state index in [2.05, 4.69) is 5.32 Å². The zero-order chi connectivity index (χ0) is 23.2. The summed E-state index contributed by atoms with van der Waals surface area (Å²) in [5.41, 5.74) is 0.523. The molecule has 0 atom stereocenters. The summed E-state index contributed by atoms with van der Waals surface area (Å²) < 4.78 is 35.8. The molecule has 0 radical (unpaired) electrons. The summed E-state index contributed by atoms with van der Waals surface area (Å²) in [5, 5.41) is 12.1. The average Bonchev–Trinajstić information content (AvgIpc) is 3.04. The first-order valence-electron chi connectivity index (χ1n) is 10.0. The highest BCUT2D eigenvalue weighted by molar-refractivity contribution is 6.36. The number of carbonyl (C=O) groups is 2. The summed E-state index contributed by atoms with van der Waals surface area (Å²) in [5.74, 6) is -2.80. The molecule has 0 unspecified atom stereocenters. The number of ether oxygens (including phenoxy) is 1. The van der Waals surface area contributed by atoms with Crippen LogP contribution in [0.5, 0.6) is 5.75 Å². The molecule has 0 bridgehead atoms. The van der Waals surface area contributed by atoms with E-state index in [1.807, 2.05) is 0 Å². The van der Waals surface area contributed by atoms with Gasteiger partial charge in [0.05, 0.1) is 29.6 Å². The number of hydrogen-bond donors (Lipinski definition) is 2. The van der Waals surface area contributed by atoms with Gasteiger partial charge >= 0.3 is 5.97 Å². The van der Waals surface area contributed by atoms with Crippen molar-refractivity contribution >= 4 is 34.4 Å². The fourth-order valence-electron chi connectivity index (χ4n) is 4.25. The van der Waals surface area contributed by atoms with Crippen molar-refractivity contribution in [2.45, 2.75) is 31.2 Å². The van der Waals surface area contributed by atoms with Crippen LogP contribution in [0.25, 0.3) is 10.9 Å². The molecule has 1 aliphatic rings. The number of halogens is 3. The molecule has 3 aromatic rings. The van der Waals surface area contributed by atoms with Gasteiger partial charge < -0.3 is 19.7 Å². The Kier molecular flexibility index (Phi) is 5.58. The first kappa shape index (κ1) is 22.1. The highest BCUT2D eigenvalue weighted by Crippen LogP contribution is 2.43. The fraction of sp³-hybridized carbons (Fsp3) is 0.304. The number of benzene rings is 2. The summed E-state index contributed by atoms with van der Waals surface area (Å²) in [7, 11) is 2.98. The number of nitrogens with zero attached hydrogens (tertiary/aromatic N) is 1. The van der Waals surface area contributed by atoms with E-state index in [4.69, 9.17) is 21.4 Å². The third kappa shape index (κ3) is 3.58. The van der Waals surface area contributed by atoms with Gasteiger partial charge in [-0.3, -0.25) is 9.59 Å². The standard InChI is InChI=1S/C23H21ClF2N2O4/c1-28-16-11-18(32-2)21(26)20(24)13(16)10-17(28)22(31)27-23(6-3-7-23)14-5-4-12(8-15(14)25)9-19(29)30/h4-5,8,10-11H,3,6-7,9H2,1-2H3,(H,27,31)(H,29,30). The maximum Gasteiger partial charge on any atom is 0.307 e. The molecule has 168 valence electrons. The van der Waals surface area contributed by atoms with Crippen molar-refractivity contribution in [1.82, 2.24) is 9.88 Å². The number of carboxylic acids is 1. The Morgan fingerprint density at radius 1 is 1.25 bits per heavy atom. The van der Waals surface area contributed by atoms with Gasteiger partial charge in [0.25, 0.3) is 5.91 Å². The summed E-state index contributed by atoms with van der Waals surface area (Å²) in [4.78, 5) is 24.1. The Balaban J connectivity index is 1.68. The van der Waals surface area contributed by atoms with E-state index in [1.54, 1.807) is 17.7 Å². The molecule has 0 aliphatic heterocycles. The number of carboxylic acid groups (broad SMARTS) is 1.